The van der Waals surface area contributed by atoms with Crippen LogP contribution < -0.4 is 5.73 Å². The Morgan fingerprint density at radius 1 is 1.26 bits per heavy atom. The average molecular weight is 261 g/mol. The number of furan rings is 1. The van der Waals surface area contributed by atoms with Crippen LogP contribution in [-0.4, -0.2) is 22.2 Å². The highest BCUT2D eigenvalue weighted by Crippen LogP contribution is 2.35. The minimum atomic E-state index is -1.37. The van der Waals surface area contributed by atoms with Gasteiger partial charge < -0.3 is 20.4 Å². The smallest absolute Gasteiger partial charge is 0.337 e. The van der Waals surface area contributed by atoms with Crippen molar-refractivity contribution in [2.24, 2.45) is 0 Å². The van der Waals surface area contributed by atoms with Gasteiger partial charge in [-0.25, -0.2) is 9.59 Å². The van der Waals surface area contributed by atoms with E-state index in [0.717, 1.165) is 0 Å². The van der Waals surface area contributed by atoms with Crippen molar-refractivity contribution in [3.8, 4) is 11.3 Å². The molecule has 0 fully saturated rings. The van der Waals surface area contributed by atoms with Gasteiger partial charge in [-0.05, 0) is 30.7 Å². The number of aryl methyl sites for hydroxylation is 1. The number of rotatable bonds is 3. The van der Waals surface area contributed by atoms with E-state index in [1.807, 2.05) is 0 Å². The van der Waals surface area contributed by atoms with Crippen LogP contribution in [0.5, 0.6) is 0 Å². The molecule has 0 amide bonds. The molecule has 2 aromatic rings. The van der Waals surface area contributed by atoms with Gasteiger partial charge in [-0.2, -0.15) is 0 Å². The number of carboxylic acid groups (broad SMARTS) is 2. The quantitative estimate of drug-likeness (QED) is 0.730. The third kappa shape index (κ3) is 2.03. The molecular formula is C13H11NO5. The highest BCUT2D eigenvalue weighted by atomic mass is 16.4. The summed E-state index contributed by atoms with van der Waals surface area (Å²) in [6.07, 6.45) is 1.36. The van der Waals surface area contributed by atoms with Gasteiger partial charge in [0.2, 0.25) is 0 Å². The van der Waals surface area contributed by atoms with Crippen molar-refractivity contribution in [2.75, 3.05) is 5.73 Å². The molecule has 1 aromatic heterocycles. The molecule has 0 saturated heterocycles. The molecule has 6 heteroatoms. The molecule has 0 bridgehead atoms. The number of benzene rings is 1. The van der Waals surface area contributed by atoms with Crippen LogP contribution >= 0.6 is 0 Å². The molecular weight excluding hydrogens is 250 g/mol. The lowest BCUT2D eigenvalue weighted by Gasteiger charge is -2.13. The second-order valence-corrected chi connectivity index (χ2v) is 3.99. The number of nitrogens with two attached hydrogens (primary N) is 1. The van der Waals surface area contributed by atoms with Crippen molar-refractivity contribution in [3.63, 3.8) is 0 Å². The Labute approximate surface area is 108 Å². The summed E-state index contributed by atoms with van der Waals surface area (Å²) in [7, 11) is 0. The lowest BCUT2D eigenvalue weighted by molar-refractivity contribution is 0.0652. The number of carbonyl (C=O) groups is 2. The first kappa shape index (κ1) is 12.7. The second kappa shape index (κ2) is 4.49. The first-order chi connectivity index (χ1) is 8.93. The summed E-state index contributed by atoms with van der Waals surface area (Å²) in [5.74, 6) is -2.47. The Morgan fingerprint density at radius 2 is 1.95 bits per heavy atom. The SMILES string of the molecule is Cc1cc(C(=O)O)c(C(=O)O)c(-c2ccco2)c1N. The Morgan fingerprint density at radius 3 is 2.42 bits per heavy atom. The summed E-state index contributed by atoms with van der Waals surface area (Å²) in [5, 5.41) is 18.4. The highest BCUT2D eigenvalue weighted by molar-refractivity contribution is 6.09. The van der Waals surface area contributed by atoms with Crippen LogP contribution in [0.4, 0.5) is 5.69 Å². The normalized spacial score (nSPS) is 10.4. The molecule has 1 heterocycles. The van der Waals surface area contributed by atoms with Crippen molar-refractivity contribution in [2.45, 2.75) is 6.92 Å². The van der Waals surface area contributed by atoms with Gasteiger partial charge in [0.15, 0.2) is 0 Å². The van der Waals surface area contributed by atoms with Gasteiger partial charge in [-0.3, -0.25) is 0 Å². The van der Waals surface area contributed by atoms with E-state index in [2.05, 4.69) is 0 Å². The van der Waals surface area contributed by atoms with Crippen LogP contribution in [-0.2, 0) is 0 Å². The Kier molecular flexibility index (Phi) is 3.00. The van der Waals surface area contributed by atoms with E-state index in [9.17, 15) is 14.7 Å². The number of carboxylic acids is 2. The van der Waals surface area contributed by atoms with Crippen LogP contribution in [0, 0.1) is 6.92 Å². The minimum Gasteiger partial charge on any atom is -0.478 e. The predicted octanol–water partition coefficient (Wildman–Crippen LogP) is 2.23. The Hall–Kier alpha value is -2.76. The summed E-state index contributed by atoms with van der Waals surface area (Å²) in [4.78, 5) is 22.5. The summed E-state index contributed by atoms with van der Waals surface area (Å²) in [6, 6.07) is 4.35. The number of anilines is 1. The molecule has 0 aliphatic carbocycles. The molecule has 1 aromatic carbocycles. The van der Waals surface area contributed by atoms with Crippen molar-refractivity contribution >= 4 is 17.6 Å². The van der Waals surface area contributed by atoms with Gasteiger partial charge in [0.25, 0.3) is 0 Å². The van der Waals surface area contributed by atoms with Gasteiger partial charge in [-0.1, -0.05) is 0 Å². The summed E-state index contributed by atoms with van der Waals surface area (Å²) in [5.41, 5.74) is 5.95. The fourth-order valence-electron chi connectivity index (χ4n) is 1.90. The topological polar surface area (TPSA) is 114 Å². The van der Waals surface area contributed by atoms with E-state index in [1.165, 1.54) is 18.4 Å². The first-order valence-corrected chi connectivity index (χ1v) is 5.37. The summed E-state index contributed by atoms with van der Waals surface area (Å²) in [6.45, 7) is 1.61. The average Bonchev–Trinajstić information content (AvgIpc) is 2.84. The minimum absolute atomic E-state index is 0.0925. The fraction of sp³-hybridized carbons (Fsp3) is 0.0769. The lowest BCUT2D eigenvalue weighted by atomic mass is 9.94. The summed E-state index contributed by atoms with van der Waals surface area (Å²) < 4.78 is 5.14. The molecule has 19 heavy (non-hydrogen) atoms. The van der Waals surface area contributed by atoms with Crippen molar-refractivity contribution in [3.05, 3.63) is 41.2 Å². The molecule has 98 valence electrons. The van der Waals surface area contributed by atoms with Crippen LogP contribution in [0.15, 0.2) is 28.9 Å². The van der Waals surface area contributed by atoms with Crippen molar-refractivity contribution in [1.82, 2.24) is 0 Å². The largest absolute Gasteiger partial charge is 0.478 e. The molecule has 0 aliphatic rings. The van der Waals surface area contributed by atoms with Gasteiger partial charge in [0.05, 0.1) is 23.0 Å². The lowest BCUT2D eigenvalue weighted by Crippen LogP contribution is -2.12. The van der Waals surface area contributed by atoms with Crippen molar-refractivity contribution < 1.29 is 24.2 Å². The fourth-order valence-corrected chi connectivity index (χ4v) is 1.90. The molecule has 0 saturated carbocycles. The number of hydrogen-bond acceptors (Lipinski definition) is 4. The van der Waals surface area contributed by atoms with Crippen LogP contribution in [0.2, 0.25) is 0 Å². The molecule has 0 radical (unpaired) electrons. The highest BCUT2D eigenvalue weighted by Gasteiger charge is 2.26. The van der Waals surface area contributed by atoms with Crippen LogP contribution in [0.25, 0.3) is 11.3 Å². The predicted molar refractivity (Wildman–Crippen MR) is 67.2 cm³/mol. The van der Waals surface area contributed by atoms with E-state index < -0.39 is 11.9 Å². The van der Waals surface area contributed by atoms with Crippen LogP contribution in [0.3, 0.4) is 0 Å². The van der Waals surface area contributed by atoms with Gasteiger partial charge >= 0.3 is 11.9 Å². The van der Waals surface area contributed by atoms with E-state index in [1.54, 1.807) is 13.0 Å². The molecule has 0 atom stereocenters. The number of aromatic carboxylic acids is 2. The Bertz CT molecular complexity index is 658. The van der Waals surface area contributed by atoms with Crippen molar-refractivity contribution in [1.29, 1.82) is 0 Å². The van der Waals surface area contributed by atoms with E-state index in [-0.39, 0.29) is 28.1 Å². The zero-order valence-electron chi connectivity index (χ0n) is 10.0. The van der Waals surface area contributed by atoms with E-state index in [4.69, 9.17) is 15.3 Å². The molecule has 0 aliphatic heterocycles. The maximum absolute atomic E-state index is 11.3. The van der Waals surface area contributed by atoms with Gasteiger partial charge in [0, 0.05) is 5.69 Å². The molecule has 0 spiro atoms. The second-order valence-electron chi connectivity index (χ2n) is 3.99. The number of hydrogen-bond donors (Lipinski definition) is 3. The summed E-state index contributed by atoms with van der Waals surface area (Å²) >= 11 is 0. The molecule has 4 N–H and O–H groups in total. The maximum Gasteiger partial charge on any atom is 0.337 e. The van der Waals surface area contributed by atoms with E-state index in [0.29, 0.717) is 5.56 Å². The number of nitrogen functional groups attached to an aromatic ring is 1. The maximum atomic E-state index is 11.3. The van der Waals surface area contributed by atoms with Gasteiger partial charge in [0.1, 0.15) is 5.76 Å². The molecule has 2 rings (SSSR count). The zero-order valence-corrected chi connectivity index (χ0v) is 10.0. The van der Waals surface area contributed by atoms with E-state index >= 15 is 0 Å². The molecule has 0 unspecified atom stereocenters. The monoisotopic (exact) mass is 261 g/mol. The van der Waals surface area contributed by atoms with Crippen LogP contribution in [0.1, 0.15) is 26.3 Å². The zero-order chi connectivity index (χ0) is 14.2. The third-order valence-electron chi connectivity index (χ3n) is 2.79. The third-order valence-corrected chi connectivity index (χ3v) is 2.79. The standard InChI is InChI=1S/C13H11NO5/c1-6-5-7(12(15)16)9(13(17)18)10(11(6)14)8-3-2-4-19-8/h2-5H,14H2,1H3,(H,15,16)(H,17,18). The van der Waals surface area contributed by atoms with Gasteiger partial charge in [-0.15, -0.1) is 0 Å². The Balaban J connectivity index is 2.90. The molecule has 6 nitrogen and oxygen atoms in total. The first-order valence-electron chi connectivity index (χ1n) is 5.37.